The first-order valence-corrected chi connectivity index (χ1v) is 4.28. The lowest BCUT2D eigenvalue weighted by molar-refractivity contribution is -0.569. The summed E-state index contributed by atoms with van der Waals surface area (Å²) in [5, 5.41) is 19.0. The number of hydrogen-bond acceptors (Lipinski definition) is 3. The van der Waals surface area contributed by atoms with E-state index < -0.39 is 29.3 Å². The van der Waals surface area contributed by atoms with Crippen LogP contribution in [0.1, 0.15) is 11.1 Å². The third kappa shape index (κ3) is 3.20. The molecule has 0 bridgehead atoms. The summed E-state index contributed by atoms with van der Waals surface area (Å²) in [4.78, 5) is 9.16. The minimum Gasteiger partial charge on any atom is -0.333 e. The number of benzene rings is 1. The zero-order chi connectivity index (χ0) is 12.3. The minimum absolute atomic E-state index is 0.0685. The highest BCUT2D eigenvalue weighted by molar-refractivity contribution is 5.25. The molecule has 0 amide bonds. The van der Waals surface area contributed by atoms with E-state index in [1.54, 1.807) is 0 Å². The topological polar surface area (TPSA) is 63.4 Å². The summed E-state index contributed by atoms with van der Waals surface area (Å²) in [6, 6.07) is 4.08. The van der Waals surface area contributed by atoms with E-state index in [1.165, 1.54) is 6.07 Å². The van der Waals surface area contributed by atoms with Gasteiger partial charge in [0.2, 0.25) is 0 Å². The van der Waals surface area contributed by atoms with E-state index in [4.69, 9.17) is 5.11 Å². The first kappa shape index (κ1) is 12.4. The van der Waals surface area contributed by atoms with Crippen LogP contribution in [0.25, 0.3) is 0 Å². The van der Waals surface area contributed by atoms with Gasteiger partial charge in [0, 0.05) is 0 Å². The highest BCUT2D eigenvalue weighted by atomic mass is 19.4. The molecular weight excluding hydrogens is 227 g/mol. The molecule has 16 heavy (non-hydrogen) atoms. The summed E-state index contributed by atoms with van der Waals surface area (Å²) in [7, 11) is 0. The molecule has 0 saturated heterocycles. The summed E-state index contributed by atoms with van der Waals surface area (Å²) in [5.41, 5.74) is -0.820. The van der Waals surface area contributed by atoms with Crippen molar-refractivity contribution < 1.29 is 23.2 Å². The smallest absolute Gasteiger partial charge is 0.333 e. The molecule has 1 aromatic rings. The van der Waals surface area contributed by atoms with Crippen molar-refractivity contribution in [2.45, 2.75) is 18.8 Å². The normalized spacial score (nSPS) is 13.5. The van der Waals surface area contributed by atoms with Crippen molar-refractivity contribution in [1.29, 1.82) is 0 Å². The average molecular weight is 235 g/mol. The molecule has 0 spiro atoms. The molecular formula is C9H8F3NO3. The van der Waals surface area contributed by atoms with Crippen LogP contribution >= 0.6 is 0 Å². The molecule has 0 aliphatic rings. The molecule has 0 aromatic heterocycles. The van der Waals surface area contributed by atoms with Gasteiger partial charge in [-0.1, -0.05) is 18.2 Å². The van der Waals surface area contributed by atoms with Crippen LogP contribution in [0, 0.1) is 10.1 Å². The van der Waals surface area contributed by atoms with Crippen molar-refractivity contribution in [3.05, 3.63) is 45.5 Å². The number of aliphatic hydroxyl groups excluding tert-OH is 1. The fourth-order valence-corrected chi connectivity index (χ4v) is 1.16. The second kappa shape index (κ2) is 4.48. The fourth-order valence-electron chi connectivity index (χ4n) is 1.16. The van der Waals surface area contributed by atoms with Gasteiger partial charge in [-0.2, -0.15) is 13.2 Å². The van der Waals surface area contributed by atoms with Crippen molar-refractivity contribution in [3.8, 4) is 0 Å². The van der Waals surface area contributed by atoms with Gasteiger partial charge in [-0.25, -0.2) is 0 Å². The summed E-state index contributed by atoms with van der Waals surface area (Å²) >= 11 is 0. The van der Waals surface area contributed by atoms with Crippen LogP contribution in [0.15, 0.2) is 24.3 Å². The number of nitrogens with zero attached hydrogens (tertiary/aromatic N) is 1. The Bertz CT molecular complexity index is 392. The minimum atomic E-state index is -4.49. The van der Waals surface area contributed by atoms with Gasteiger partial charge in [-0.15, -0.1) is 0 Å². The molecule has 1 atom stereocenters. The number of hydrogen-bond donors (Lipinski definition) is 1. The Balaban J connectivity index is 2.87. The van der Waals surface area contributed by atoms with E-state index >= 15 is 0 Å². The van der Waals surface area contributed by atoms with Crippen LogP contribution in [-0.2, 0) is 12.6 Å². The molecule has 88 valence electrons. The first-order valence-electron chi connectivity index (χ1n) is 4.28. The Morgan fingerprint density at radius 1 is 1.44 bits per heavy atom. The van der Waals surface area contributed by atoms with Crippen LogP contribution in [0.5, 0.6) is 0 Å². The average Bonchev–Trinajstić information content (AvgIpc) is 2.16. The Morgan fingerprint density at radius 3 is 2.56 bits per heavy atom. The maximum Gasteiger partial charge on any atom is 0.416 e. The first-order chi connectivity index (χ1) is 7.30. The summed E-state index contributed by atoms with van der Waals surface area (Å²) in [6.45, 7) is 0. The maximum absolute atomic E-state index is 12.3. The third-order valence-electron chi connectivity index (χ3n) is 1.92. The van der Waals surface area contributed by atoms with Gasteiger partial charge in [0.05, 0.1) is 16.9 Å². The molecule has 0 aliphatic carbocycles. The van der Waals surface area contributed by atoms with Crippen molar-refractivity contribution in [3.63, 3.8) is 0 Å². The largest absolute Gasteiger partial charge is 0.416 e. The molecule has 1 aromatic carbocycles. The van der Waals surface area contributed by atoms with Crippen LogP contribution in [0.2, 0.25) is 0 Å². The molecule has 4 nitrogen and oxygen atoms in total. The van der Waals surface area contributed by atoms with Crippen molar-refractivity contribution in [2.24, 2.45) is 0 Å². The lowest BCUT2D eigenvalue weighted by atomic mass is 10.1. The third-order valence-corrected chi connectivity index (χ3v) is 1.92. The molecule has 7 heteroatoms. The Labute approximate surface area is 88.5 Å². The molecule has 1 N–H and O–H groups in total. The predicted molar refractivity (Wildman–Crippen MR) is 48.1 cm³/mol. The standard InChI is InChI=1S/C9H8F3NO3/c10-9(11,12)7-3-1-2-6(4-7)5-8(14)13(15)16/h1-4,8,14H,5H2. The van der Waals surface area contributed by atoms with E-state index in [-0.39, 0.29) is 5.56 Å². The quantitative estimate of drug-likeness (QED) is 0.494. The Morgan fingerprint density at radius 2 is 2.06 bits per heavy atom. The summed E-state index contributed by atoms with van der Waals surface area (Å²) < 4.78 is 36.8. The summed E-state index contributed by atoms with van der Waals surface area (Å²) in [5.74, 6) is 0. The predicted octanol–water partition coefficient (Wildman–Crippen LogP) is 1.84. The Kier molecular flexibility index (Phi) is 3.48. The van der Waals surface area contributed by atoms with E-state index in [1.807, 2.05) is 0 Å². The number of rotatable bonds is 3. The molecule has 0 fully saturated rings. The van der Waals surface area contributed by atoms with Crippen LogP contribution in [0.3, 0.4) is 0 Å². The van der Waals surface area contributed by atoms with Crippen LogP contribution < -0.4 is 0 Å². The number of alkyl halides is 3. The highest BCUT2D eigenvalue weighted by Gasteiger charge is 2.30. The highest BCUT2D eigenvalue weighted by Crippen LogP contribution is 2.29. The molecule has 0 aliphatic heterocycles. The number of halogens is 3. The van der Waals surface area contributed by atoms with Gasteiger partial charge < -0.3 is 5.11 Å². The second-order valence-electron chi connectivity index (χ2n) is 3.17. The maximum atomic E-state index is 12.3. The SMILES string of the molecule is O=[N+]([O-])C(O)Cc1cccc(C(F)(F)F)c1. The number of aliphatic hydroxyl groups is 1. The van der Waals surface area contributed by atoms with E-state index in [0.29, 0.717) is 0 Å². The van der Waals surface area contributed by atoms with Gasteiger partial charge in [0.15, 0.2) is 0 Å². The van der Waals surface area contributed by atoms with Crippen molar-refractivity contribution in [2.75, 3.05) is 0 Å². The van der Waals surface area contributed by atoms with Gasteiger partial charge in [-0.05, 0) is 11.6 Å². The van der Waals surface area contributed by atoms with Crippen molar-refractivity contribution in [1.82, 2.24) is 0 Å². The molecule has 0 saturated carbocycles. The second-order valence-corrected chi connectivity index (χ2v) is 3.17. The monoisotopic (exact) mass is 235 g/mol. The van der Waals surface area contributed by atoms with E-state index in [9.17, 15) is 23.3 Å². The zero-order valence-electron chi connectivity index (χ0n) is 7.94. The molecule has 1 unspecified atom stereocenters. The summed E-state index contributed by atoms with van der Waals surface area (Å²) in [6.07, 6.45) is -6.82. The van der Waals surface area contributed by atoms with Gasteiger partial charge in [0.25, 0.3) is 0 Å². The van der Waals surface area contributed by atoms with E-state index in [2.05, 4.69) is 0 Å². The molecule has 0 radical (unpaired) electrons. The lowest BCUT2D eigenvalue weighted by Crippen LogP contribution is -2.21. The van der Waals surface area contributed by atoms with Gasteiger partial charge in [-0.3, -0.25) is 10.1 Å². The molecule has 0 heterocycles. The van der Waals surface area contributed by atoms with Crippen LogP contribution in [0.4, 0.5) is 13.2 Å². The molecule has 1 rings (SSSR count). The zero-order valence-corrected chi connectivity index (χ0v) is 7.94. The fraction of sp³-hybridized carbons (Fsp3) is 0.333. The Hall–Kier alpha value is -1.63. The van der Waals surface area contributed by atoms with Crippen LogP contribution in [-0.4, -0.2) is 16.3 Å². The van der Waals surface area contributed by atoms with Gasteiger partial charge >= 0.3 is 12.4 Å². The lowest BCUT2D eigenvalue weighted by Gasteiger charge is -2.08. The van der Waals surface area contributed by atoms with E-state index in [0.717, 1.165) is 18.2 Å². The van der Waals surface area contributed by atoms with Crippen molar-refractivity contribution >= 4 is 0 Å². The number of nitro groups is 1. The van der Waals surface area contributed by atoms with Gasteiger partial charge in [0.1, 0.15) is 0 Å².